The molecule has 1 fully saturated rings. The molecule has 158 valence electrons. The van der Waals surface area contributed by atoms with Gasteiger partial charge in [0.05, 0.1) is 11.4 Å². The largest absolute Gasteiger partial charge is 0.338 e. The molecule has 0 radical (unpaired) electrons. The summed E-state index contributed by atoms with van der Waals surface area (Å²) in [5.41, 5.74) is 2.30. The monoisotopic (exact) mass is 419 g/mol. The van der Waals surface area contributed by atoms with E-state index < -0.39 is 10.0 Å². The van der Waals surface area contributed by atoms with E-state index in [0.717, 1.165) is 6.42 Å². The van der Waals surface area contributed by atoms with Crippen molar-refractivity contribution in [3.8, 4) is 0 Å². The van der Waals surface area contributed by atoms with Gasteiger partial charge in [-0.3, -0.25) is 4.68 Å². The highest BCUT2D eigenvalue weighted by molar-refractivity contribution is 7.89. The second-order valence-corrected chi connectivity index (χ2v) is 9.21. The Bertz CT molecular complexity index is 956. The first kappa shape index (κ1) is 21.3. The second kappa shape index (κ2) is 8.96. The normalized spacial score (nSPS) is 15.9. The number of carbonyl (C=O) groups is 1. The van der Waals surface area contributed by atoms with E-state index in [9.17, 15) is 13.2 Å². The molecule has 1 aromatic heterocycles. The van der Waals surface area contributed by atoms with Crippen LogP contribution in [0.15, 0.2) is 35.2 Å². The summed E-state index contributed by atoms with van der Waals surface area (Å²) >= 11 is 0. The van der Waals surface area contributed by atoms with Gasteiger partial charge in [-0.2, -0.15) is 9.40 Å². The molecule has 3 rings (SSSR count). The van der Waals surface area contributed by atoms with Crippen LogP contribution in [0.1, 0.15) is 23.4 Å². The molecule has 2 amide bonds. The number of benzene rings is 1. The van der Waals surface area contributed by atoms with Gasteiger partial charge in [-0.05, 0) is 32.3 Å². The van der Waals surface area contributed by atoms with E-state index in [4.69, 9.17) is 0 Å². The summed E-state index contributed by atoms with van der Waals surface area (Å²) in [4.78, 5) is 14.5. The predicted molar refractivity (Wildman–Crippen MR) is 111 cm³/mol. The Morgan fingerprint density at radius 3 is 2.48 bits per heavy atom. The van der Waals surface area contributed by atoms with Gasteiger partial charge in [0.25, 0.3) is 0 Å². The Balaban J connectivity index is 1.59. The van der Waals surface area contributed by atoms with Crippen molar-refractivity contribution in [3.63, 3.8) is 0 Å². The van der Waals surface area contributed by atoms with E-state index in [0.29, 0.717) is 44.0 Å². The van der Waals surface area contributed by atoms with Crippen LogP contribution in [0, 0.1) is 13.8 Å². The Hall–Kier alpha value is -2.39. The molecule has 29 heavy (non-hydrogen) atoms. The third kappa shape index (κ3) is 4.79. The summed E-state index contributed by atoms with van der Waals surface area (Å²) in [7, 11) is -1.89. The van der Waals surface area contributed by atoms with Gasteiger partial charge in [-0.1, -0.05) is 30.3 Å². The van der Waals surface area contributed by atoms with E-state index >= 15 is 0 Å². The molecule has 0 unspecified atom stereocenters. The zero-order valence-electron chi connectivity index (χ0n) is 17.3. The van der Waals surface area contributed by atoms with Crippen molar-refractivity contribution >= 4 is 16.1 Å². The van der Waals surface area contributed by atoms with Crippen LogP contribution in [0.25, 0.3) is 0 Å². The summed E-state index contributed by atoms with van der Waals surface area (Å²) in [5.74, 6) is 0. The first-order chi connectivity index (χ1) is 13.8. The van der Waals surface area contributed by atoms with Gasteiger partial charge >= 0.3 is 6.03 Å². The summed E-state index contributed by atoms with van der Waals surface area (Å²) in [6.07, 6.45) is 1.37. The average molecular weight is 420 g/mol. The van der Waals surface area contributed by atoms with Crippen molar-refractivity contribution in [1.29, 1.82) is 0 Å². The molecule has 8 nitrogen and oxygen atoms in total. The minimum Gasteiger partial charge on any atom is -0.338 e. The number of aromatic nitrogens is 2. The quantitative estimate of drug-likeness (QED) is 0.799. The maximum absolute atomic E-state index is 13.2. The third-order valence-electron chi connectivity index (χ3n) is 5.32. The van der Waals surface area contributed by atoms with Gasteiger partial charge < -0.3 is 10.2 Å². The van der Waals surface area contributed by atoms with Crippen LogP contribution < -0.4 is 5.32 Å². The van der Waals surface area contributed by atoms with Gasteiger partial charge in [0.1, 0.15) is 4.90 Å². The van der Waals surface area contributed by atoms with Crippen LogP contribution in [-0.4, -0.2) is 66.2 Å². The number of nitrogens with one attached hydrogen (secondary N) is 1. The molecule has 1 aliphatic heterocycles. The zero-order valence-corrected chi connectivity index (χ0v) is 18.1. The molecule has 0 spiro atoms. The van der Waals surface area contributed by atoms with E-state index in [1.54, 1.807) is 30.5 Å². The van der Waals surface area contributed by atoms with Gasteiger partial charge in [0.15, 0.2) is 0 Å². The lowest BCUT2D eigenvalue weighted by Gasteiger charge is -2.22. The average Bonchev–Trinajstić information content (AvgIpc) is 2.87. The molecule has 9 heteroatoms. The molecule has 1 aromatic carbocycles. The fourth-order valence-electron chi connectivity index (χ4n) is 3.66. The highest BCUT2D eigenvalue weighted by atomic mass is 32.2. The molecule has 1 saturated heterocycles. The Labute approximate surface area is 172 Å². The lowest BCUT2D eigenvalue weighted by atomic mass is 10.1. The van der Waals surface area contributed by atoms with Crippen LogP contribution in [0.2, 0.25) is 0 Å². The SMILES string of the molecule is Cc1nn(C)c(C)c1S(=O)(=O)N1CCCN(C(=O)NCCc2ccccc2)CC1. The lowest BCUT2D eigenvalue weighted by molar-refractivity contribution is 0.200. The van der Waals surface area contributed by atoms with Crippen LogP contribution >= 0.6 is 0 Å². The van der Waals surface area contributed by atoms with Crippen LogP contribution in [-0.2, 0) is 23.5 Å². The number of urea groups is 1. The predicted octanol–water partition coefficient (Wildman–Crippen LogP) is 1.69. The van der Waals surface area contributed by atoms with Gasteiger partial charge in [-0.25, -0.2) is 13.2 Å². The number of nitrogens with zero attached hydrogens (tertiary/aromatic N) is 4. The summed E-state index contributed by atoms with van der Waals surface area (Å²) in [6, 6.07) is 9.84. The molecular weight excluding hydrogens is 390 g/mol. The first-order valence-electron chi connectivity index (χ1n) is 9.87. The standard InChI is InChI=1S/C20H29N5O3S/c1-16-19(17(2)23(3)22-16)29(27,28)25-13-7-12-24(14-15-25)20(26)21-11-10-18-8-5-4-6-9-18/h4-6,8-9H,7,10-15H2,1-3H3,(H,21,26). The van der Waals surface area contributed by atoms with E-state index in [-0.39, 0.29) is 17.5 Å². The molecule has 1 N–H and O–H groups in total. The number of hydrogen-bond acceptors (Lipinski definition) is 4. The van der Waals surface area contributed by atoms with Crippen molar-refractivity contribution in [2.24, 2.45) is 7.05 Å². The highest BCUT2D eigenvalue weighted by Crippen LogP contribution is 2.24. The number of sulfonamides is 1. The minimum absolute atomic E-state index is 0.145. The Morgan fingerprint density at radius 1 is 1.10 bits per heavy atom. The zero-order chi connectivity index (χ0) is 21.0. The maximum Gasteiger partial charge on any atom is 0.317 e. The number of hydrogen-bond donors (Lipinski definition) is 1. The Morgan fingerprint density at radius 2 is 1.83 bits per heavy atom. The van der Waals surface area contributed by atoms with E-state index in [1.165, 1.54) is 9.87 Å². The van der Waals surface area contributed by atoms with Gasteiger partial charge in [0.2, 0.25) is 10.0 Å². The van der Waals surface area contributed by atoms with Crippen LogP contribution in [0.4, 0.5) is 4.79 Å². The van der Waals surface area contributed by atoms with Gasteiger partial charge in [-0.15, -0.1) is 0 Å². The molecule has 0 bridgehead atoms. The molecule has 0 saturated carbocycles. The van der Waals surface area contributed by atoms with E-state index in [1.807, 2.05) is 30.3 Å². The second-order valence-electron chi connectivity index (χ2n) is 7.34. The molecule has 0 atom stereocenters. The van der Waals surface area contributed by atoms with E-state index in [2.05, 4.69) is 10.4 Å². The molecule has 2 aromatic rings. The highest BCUT2D eigenvalue weighted by Gasteiger charge is 2.32. The molecular formula is C20H29N5O3S. The smallest absolute Gasteiger partial charge is 0.317 e. The fraction of sp³-hybridized carbons (Fsp3) is 0.500. The maximum atomic E-state index is 13.2. The van der Waals surface area contributed by atoms with Crippen molar-refractivity contribution in [2.75, 3.05) is 32.7 Å². The summed E-state index contributed by atoms with van der Waals surface area (Å²) in [5, 5.41) is 7.17. The number of carbonyl (C=O) groups excluding carboxylic acids is 1. The summed E-state index contributed by atoms with van der Waals surface area (Å²) in [6.45, 7) is 5.60. The number of aryl methyl sites for hydroxylation is 2. The van der Waals surface area contributed by atoms with Crippen molar-refractivity contribution in [3.05, 3.63) is 47.3 Å². The summed E-state index contributed by atoms with van der Waals surface area (Å²) < 4.78 is 29.4. The first-order valence-corrected chi connectivity index (χ1v) is 11.3. The molecule has 0 aliphatic carbocycles. The van der Waals surface area contributed by atoms with Crippen LogP contribution in [0.3, 0.4) is 0 Å². The lowest BCUT2D eigenvalue weighted by Crippen LogP contribution is -2.43. The number of amides is 2. The van der Waals surface area contributed by atoms with Crippen LogP contribution in [0.5, 0.6) is 0 Å². The minimum atomic E-state index is -3.64. The number of rotatable bonds is 5. The topological polar surface area (TPSA) is 87.5 Å². The van der Waals surface area contributed by atoms with Gasteiger partial charge in [0, 0.05) is 39.8 Å². The fourth-order valence-corrected chi connectivity index (χ4v) is 5.53. The van der Waals surface area contributed by atoms with Crippen molar-refractivity contribution in [1.82, 2.24) is 24.3 Å². The third-order valence-corrected chi connectivity index (χ3v) is 7.47. The van der Waals surface area contributed by atoms with Crippen molar-refractivity contribution in [2.45, 2.75) is 31.6 Å². The Kier molecular flexibility index (Phi) is 6.59. The van der Waals surface area contributed by atoms with Crippen molar-refractivity contribution < 1.29 is 13.2 Å². The molecule has 2 heterocycles. The molecule has 1 aliphatic rings.